The minimum absolute atomic E-state index is 0.0299. The smallest absolute Gasteiger partial charge is 0.150 e. The Kier molecular flexibility index (Phi) is 3.73. The third-order valence-electron chi connectivity index (χ3n) is 2.84. The summed E-state index contributed by atoms with van der Waals surface area (Å²) in [6.45, 7) is 0. The lowest BCUT2D eigenvalue weighted by atomic mass is 10.1. The first-order valence-corrected chi connectivity index (χ1v) is 8.00. The molecule has 1 fully saturated rings. The molecule has 0 aliphatic carbocycles. The lowest BCUT2D eigenvalue weighted by Gasteiger charge is -2.24. The predicted octanol–water partition coefficient (Wildman–Crippen LogP) is 2.58. The van der Waals surface area contributed by atoms with Gasteiger partial charge in [0.15, 0.2) is 0 Å². The van der Waals surface area contributed by atoms with Crippen LogP contribution >= 0.6 is 15.9 Å². The molecule has 1 aliphatic heterocycles. The molecule has 17 heavy (non-hydrogen) atoms. The molecule has 0 amide bonds. The second-order valence-electron chi connectivity index (χ2n) is 4.19. The van der Waals surface area contributed by atoms with Crippen LogP contribution in [-0.2, 0) is 9.84 Å². The van der Waals surface area contributed by atoms with Crippen LogP contribution in [-0.4, -0.2) is 26.0 Å². The van der Waals surface area contributed by atoms with E-state index in [0.717, 1.165) is 4.47 Å². The molecule has 0 spiro atoms. The van der Waals surface area contributed by atoms with Gasteiger partial charge in [0.1, 0.15) is 15.7 Å². The Balaban J connectivity index is 2.05. The summed E-state index contributed by atoms with van der Waals surface area (Å²) in [5.41, 5.74) is 0.420. The fourth-order valence-corrected chi connectivity index (χ4v) is 3.71. The Bertz CT molecular complexity index is 504. The molecule has 1 N–H and O–H groups in total. The van der Waals surface area contributed by atoms with Crippen LogP contribution in [0.15, 0.2) is 22.7 Å². The van der Waals surface area contributed by atoms with Gasteiger partial charge in [-0.2, -0.15) is 0 Å². The second kappa shape index (κ2) is 4.94. The van der Waals surface area contributed by atoms with E-state index in [2.05, 4.69) is 21.2 Å². The number of halogens is 2. The lowest BCUT2D eigenvalue weighted by molar-refractivity contribution is 0.557. The number of benzene rings is 1. The average molecular weight is 322 g/mol. The van der Waals surface area contributed by atoms with Crippen LogP contribution in [0.4, 0.5) is 10.1 Å². The van der Waals surface area contributed by atoms with Crippen molar-refractivity contribution in [1.29, 1.82) is 0 Å². The molecule has 1 aliphatic rings. The molecule has 0 saturated carbocycles. The highest BCUT2D eigenvalue weighted by Crippen LogP contribution is 2.23. The van der Waals surface area contributed by atoms with Crippen LogP contribution in [0.3, 0.4) is 0 Å². The van der Waals surface area contributed by atoms with E-state index >= 15 is 0 Å². The van der Waals surface area contributed by atoms with E-state index < -0.39 is 9.84 Å². The highest BCUT2D eigenvalue weighted by Gasteiger charge is 2.23. The van der Waals surface area contributed by atoms with Gasteiger partial charge in [0.25, 0.3) is 0 Å². The van der Waals surface area contributed by atoms with Crippen molar-refractivity contribution >= 4 is 31.5 Å². The average Bonchev–Trinajstić information content (AvgIpc) is 2.26. The zero-order valence-corrected chi connectivity index (χ0v) is 11.5. The highest BCUT2D eigenvalue weighted by molar-refractivity contribution is 9.10. The first-order valence-electron chi connectivity index (χ1n) is 5.38. The van der Waals surface area contributed by atoms with E-state index in [4.69, 9.17) is 0 Å². The Morgan fingerprint density at radius 3 is 2.59 bits per heavy atom. The molecule has 2 rings (SSSR count). The molecule has 3 nitrogen and oxygen atoms in total. The molecule has 94 valence electrons. The zero-order chi connectivity index (χ0) is 12.5. The summed E-state index contributed by atoms with van der Waals surface area (Å²) in [7, 11) is -2.87. The second-order valence-corrected chi connectivity index (χ2v) is 7.41. The summed E-state index contributed by atoms with van der Waals surface area (Å²) in [4.78, 5) is 0. The summed E-state index contributed by atoms with van der Waals surface area (Å²) < 4.78 is 36.8. The molecule has 0 bridgehead atoms. The van der Waals surface area contributed by atoms with Gasteiger partial charge < -0.3 is 5.32 Å². The number of hydrogen-bond acceptors (Lipinski definition) is 3. The third kappa shape index (κ3) is 3.42. The van der Waals surface area contributed by atoms with Crippen molar-refractivity contribution in [1.82, 2.24) is 0 Å². The SMILES string of the molecule is O=S1(=O)CCC(Nc2cc(Br)ccc2F)CC1. The fourth-order valence-electron chi connectivity index (χ4n) is 1.86. The van der Waals surface area contributed by atoms with Gasteiger partial charge in [0.2, 0.25) is 0 Å². The first-order chi connectivity index (χ1) is 7.96. The van der Waals surface area contributed by atoms with Crippen molar-refractivity contribution < 1.29 is 12.8 Å². The minimum Gasteiger partial charge on any atom is -0.380 e. The molecular formula is C11H13BrFNO2S. The molecule has 1 aromatic rings. The van der Waals surface area contributed by atoms with Gasteiger partial charge in [-0.25, -0.2) is 12.8 Å². The standard InChI is InChI=1S/C11H13BrFNO2S/c12-8-1-2-10(13)11(7-8)14-9-3-5-17(15,16)6-4-9/h1-2,7,9,14H,3-6H2. The van der Waals surface area contributed by atoms with Gasteiger partial charge >= 0.3 is 0 Å². The fraction of sp³-hybridized carbons (Fsp3) is 0.455. The molecule has 1 aromatic carbocycles. The van der Waals surface area contributed by atoms with Crippen molar-refractivity contribution in [3.05, 3.63) is 28.5 Å². The van der Waals surface area contributed by atoms with Crippen LogP contribution in [0.1, 0.15) is 12.8 Å². The molecule has 0 aromatic heterocycles. The summed E-state index contributed by atoms with van der Waals surface area (Å²) in [6.07, 6.45) is 1.07. The predicted molar refractivity (Wildman–Crippen MR) is 69.4 cm³/mol. The third-order valence-corrected chi connectivity index (χ3v) is 5.05. The van der Waals surface area contributed by atoms with Crippen molar-refractivity contribution in [2.45, 2.75) is 18.9 Å². The van der Waals surface area contributed by atoms with Gasteiger partial charge in [-0.05, 0) is 31.0 Å². The van der Waals surface area contributed by atoms with Crippen LogP contribution in [0.5, 0.6) is 0 Å². The molecule has 1 heterocycles. The lowest BCUT2D eigenvalue weighted by Crippen LogP contribution is -2.32. The zero-order valence-electron chi connectivity index (χ0n) is 9.12. The van der Waals surface area contributed by atoms with E-state index in [9.17, 15) is 12.8 Å². The Morgan fingerprint density at radius 1 is 1.29 bits per heavy atom. The van der Waals surface area contributed by atoms with Gasteiger partial charge in [-0.15, -0.1) is 0 Å². The van der Waals surface area contributed by atoms with Crippen LogP contribution < -0.4 is 5.32 Å². The van der Waals surface area contributed by atoms with Crippen molar-refractivity contribution in [3.8, 4) is 0 Å². The Morgan fingerprint density at radius 2 is 1.94 bits per heavy atom. The van der Waals surface area contributed by atoms with Crippen LogP contribution in [0, 0.1) is 5.82 Å². The monoisotopic (exact) mass is 321 g/mol. The molecule has 0 atom stereocenters. The minimum atomic E-state index is -2.87. The summed E-state index contributed by atoms with van der Waals surface area (Å²) in [5, 5.41) is 3.06. The molecule has 0 radical (unpaired) electrons. The van der Waals surface area contributed by atoms with Crippen molar-refractivity contribution in [3.63, 3.8) is 0 Å². The normalized spacial score (nSPS) is 20.1. The molecular weight excluding hydrogens is 309 g/mol. The Labute approximate surface area is 108 Å². The largest absolute Gasteiger partial charge is 0.380 e. The van der Waals surface area contributed by atoms with E-state index in [1.165, 1.54) is 6.07 Å². The summed E-state index contributed by atoms with van der Waals surface area (Å²) >= 11 is 3.28. The summed E-state index contributed by atoms with van der Waals surface area (Å²) in [6, 6.07) is 4.71. The molecule has 0 unspecified atom stereocenters. The number of rotatable bonds is 2. The van der Waals surface area contributed by atoms with E-state index in [1.807, 2.05) is 0 Å². The number of anilines is 1. The van der Waals surface area contributed by atoms with Gasteiger partial charge in [-0.3, -0.25) is 0 Å². The summed E-state index contributed by atoms with van der Waals surface area (Å²) in [5.74, 6) is 0.0437. The van der Waals surface area contributed by atoms with Gasteiger partial charge in [0.05, 0.1) is 17.2 Å². The molecule has 1 saturated heterocycles. The number of nitrogens with one attached hydrogen (secondary N) is 1. The van der Waals surface area contributed by atoms with Gasteiger partial charge in [0, 0.05) is 10.5 Å². The maximum atomic E-state index is 13.5. The Hall–Kier alpha value is -0.620. The van der Waals surface area contributed by atoms with Gasteiger partial charge in [-0.1, -0.05) is 15.9 Å². The van der Waals surface area contributed by atoms with Crippen LogP contribution in [0.25, 0.3) is 0 Å². The topological polar surface area (TPSA) is 46.2 Å². The van der Waals surface area contributed by atoms with Crippen molar-refractivity contribution in [2.75, 3.05) is 16.8 Å². The van der Waals surface area contributed by atoms with Crippen LogP contribution in [0.2, 0.25) is 0 Å². The van der Waals surface area contributed by atoms with Crippen molar-refractivity contribution in [2.24, 2.45) is 0 Å². The maximum absolute atomic E-state index is 13.5. The number of sulfone groups is 1. The van der Waals surface area contributed by atoms with E-state index in [1.54, 1.807) is 12.1 Å². The van der Waals surface area contributed by atoms with E-state index in [-0.39, 0.29) is 23.4 Å². The first kappa shape index (κ1) is 12.8. The molecule has 6 heteroatoms. The number of hydrogen-bond donors (Lipinski definition) is 1. The quantitative estimate of drug-likeness (QED) is 0.910. The maximum Gasteiger partial charge on any atom is 0.150 e. The highest BCUT2D eigenvalue weighted by atomic mass is 79.9. The van der Waals surface area contributed by atoms with E-state index in [0.29, 0.717) is 18.5 Å².